The van der Waals surface area contributed by atoms with Crippen LogP contribution in [-0.2, 0) is 9.53 Å². The molecule has 1 aromatic rings. The number of hydrogen-bond acceptors (Lipinski definition) is 3. The van der Waals surface area contributed by atoms with Crippen molar-refractivity contribution in [3.63, 3.8) is 0 Å². The van der Waals surface area contributed by atoms with E-state index in [9.17, 15) is 4.79 Å². The van der Waals surface area contributed by atoms with Crippen molar-refractivity contribution in [3.05, 3.63) is 29.8 Å². The summed E-state index contributed by atoms with van der Waals surface area (Å²) in [4.78, 5) is 11.6. The molecule has 2 unspecified atom stereocenters. The van der Waals surface area contributed by atoms with Crippen molar-refractivity contribution in [1.29, 1.82) is 0 Å². The molecule has 1 aliphatic carbocycles. The molecule has 0 radical (unpaired) electrons. The molecule has 92 valence electrons. The predicted molar refractivity (Wildman–Crippen MR) is 65.1 cm³/mol. The Kier molecular flexibility index (Phi) is 3.67. The summed E-state index contributed by atoms with van der Waals surface area (Å²) in [6.45, 7) is 4.90. The second kappa shape index (κ2) is 5.21. The smallest absolute Gasteiger partial charge is 0.309 e. The van der Waals surface area contributed by atoms with Crippen LogP contribution in [0.25, 0.3) is 0 Å². The van der Waals surface area contributed by atoms with E-state index in [1.54, 1.807) is 0 Å². The monoisotopic (exact) mass is 234 g/mol. The normalized spacial score (nSPS) is 22.0. The molecule has 0 saturated heterocycles. The molecular weight excluding hydrogens is 216 g/mol. The van der Waals surface area contributed by atoms with E-state index in [-0.39, 0.29) is 17.8 Å². The van der Waals surface area contributed by atoms with Crippen molar-refractivity contribution >= 4 is 5.97 Å². The summed E-state index contributed by atoms with van der Waals surface area (Å²) < 4.78 is 10.6. The van der Waals surface area contributed by atoms with Crippen LogP contribution in [0.3, 0.4) is 0 Å². The summed E-state index contributed by atoms with van der Waals surface area (Å²) in [7, 11) is 0. The number of carbonyl (C=O) groups excluding carboxylic acids is 1. The zero-order chi connectivity index (χ0) is 12.3. The SMILES string of the molecule is CCOC(=O)C1CC1c1ccccc1OCC. The van der Waals surface area contributed by atoms with Gasteiger partial charge in [-0.1, -0.05) is 18.2 Å². The highest BCUT2D eigenvalue weighted by Gasteiger charge is 2.46. The molecule has 0 amide bonds. The third-order valence-electron chi connectivity index (χ3n) is 3.00. The summed E-state index contributed by atoms with van der Waals surface area (Å²) in [5.74, 6) is 1.11. The molecule has 0 spiro atoms. The Hall–Kier alpha value is -1.51. The first kappa shape index (κ1) is 12.0. The van der Waals surface area contributed by atoms with Gasteiger partial charge in [0.05, 0.1) is 19.1 Å². The molecule has 1 aliphatic rings. The van der Waals surface area contributed by atoms with Gasteiger partial charge in [-0.15, -0.1) is 0 Å². The first-order chi connectivity index (χ1) is 8.27. The van der Waals surface area contributed by atoms with Crippen LogP contribution in [0.15, 0.2) is 24.3 Å². The maximum atomic E-state index is 11.6. The van der Waals surface area contributed by atoms with Crippen molar-refractivity contribution in [2.75, 3.05) is 13.2 Å². The van der Waals surface area contributed by atoms with Gasteiger partial charge in [0.1, 0.15) is 5.75 Å². The van der Waals surface area contributed by atoms with E-state index < -0.39 is 0 Å². The van der Waals surface area contributed by atoms with Crippen LogP contribution in [0, 0.1) is 5.92 Å². The van der Waals surface area contributed by atoms with Gasteiger partial charge in [-0.25, -0.2) is 0 Å². The largest absolute Gasteiger partial charge is 0.494 e. The van der Waals surface area contributed by atoms with Gasteiger partial charge in [-0.2, -0.15) is 0 Å². The molecule has 0 aliphatic heterocycles. The molecule has 1 saturated carbocycles. The molecule has 0 aromatic heterocycles. The Morgan fingerprint density at radius 3 is 2.76 bits per heavy atom. The minimum absolute atomic E-state index is 0.0246. The lowest BCUT2D eigenvalue weighted by molar-refractivity contribution is -0.144. The number of benzene rings is 1. The second-order valence-electron chi connectivity index (χ2n) is 4.17. The maximum Gasteiger partial charge on any atom is 0.309 e. The molecule has 2 atom stereocenters. The minimum atomic E-state index is -0.0798. The summed E-state index contributed by atoms with van der Waals surface area (Å²) >= 11 is 0. The zero-order valence-electron chi connectivity index (χ0n) is 10.3. The number of carbonyl (C=O) groups is 1. The Labute approximate surface area is 102 Å². The van der Waals surface area contributed by atoms with E-state index in [2.05, 4.69) is 0 Å². The topological polar surface area (TPSA) is 35.5 Å². The summed E-state index contributed by atoms with van der Waals surface area (Å²) in [6.07, 6.45) is 0.878. The number of hydrogen-bond donors (Lipinski definition) is 0. The van der Waals surface area contributed by atoms with Gasteiger partial charge >= 0.3 is 5.97 Å². The molecule has 0 N–H and O–H groups in total. The Bertz CT molecular complexity index is 400. The third-order valence-corrected chi connectivity index (χ3v) is 3.00. The standard InChI is InChI=1S/C14H18O3/c1-3-16-13-8-6-5-7-10(13)11-9-12(11)14(15)17-4-2/h5-8,11-12H,3-4,9H2,1-2H3. The van der Waals surface area contributed by atoms with E-state index in [0.29, 0.717) is 13.2 Å². The molecule has 3 nitrogen and oxygen atoms in total. The van der Waals surface area contributed by atoms with Gasteiger partial charge in [-0.3, -0.25) is 4.79 Å². The van der Waals surface area contributed by atoms with Crippen molar-refractivity contribution in [2.24, 2.45) is 5.92 Å². The highest BCUT2D eigenvalue weighted by molar-refractivity contribution is 5.77. The van der Waals surface area contributed by atoms with Crippen molar-refractivity contribution < 1.29 is 14.3 Å². The lowest BCUT2D eigenvalue weighted by Gasteiger charge is -2.09. The van der Waals surface area contributed by atoms with Crippen LogP contribution in [0.4, 0.5) is 0 Å². The Morgan fingerprint density at radius 1 is 1.29 bits per heavy atom. The van der Waals surface area contributed by atoms with E-state index in [4.69, 9.17) is 9.47 Å². The van der Waals surface area contributed by atoms with Gasteiger partial charge in [-0.05, 0) is 31.9 Å². The van der Waals surface area contributed by atoms with E-state index in [0.717, 1.165) is 17.7 Å². The summed E-state index contributed by atoms with van der Waals surface area (Å²) in [6, 6.07) is 7.93. The van der Waals surface area contributed by atoms with Crippen LogP contribution in [-0.4, -0.2) is 19.2 Å². The summed E-state index contributed by atoms with van der Waals surface area (Å²) in [5, 5.41) is 0. The lowest BCUT2D eigenvalue weighted by Crippen LogP contribution is -2.07. The van der Waals surface area contributed by atoms with Crippen molar-refractivity contribution in [1.82, 2.24) is 0 Å². The minimum Gasteiger partial charge on any atom is -0.494 e. The molecule has 1 aromatic carbocycles. The van der Waals surface area contributed by atoms with E-state index in [1.165, 1.54) is 0 Å². The first-order valence-corrected chi connectivity index (χ1v) is 6.16. The number of esters is 1. The van der Waals surface area contributed by atoms with Gasteiger partial charge in [0.25, 0.3) is 0 Å². The van der Waals surface area contributed by atoms with Crippen molar-refractivity contribution in [2.45, 2.75) is 26.2 Å². The number of rotatable bonds is 5. The van der Waals surface area contributed by atoms with Crippen LogP contribution in [0.1, 0.15) is 31.7 Å². The highest BCUT2D eigenvalue weighted by atomic mass is 16.5. The molecular formula is C14H18O3. The first-order valence-electron chi connectivity index (χ1n) is 6.16. The lowest BCUT2D eigenvalue weighted by atomic mass is 10.1. The number of ether oxygens (including phenoxy) is 2. The Balaban J connectivity index is 2.07. The number of para-hydroxylation sites is 1. The van der Waals surface area contributed by atoms with E-state index >= 15 is 0 Å². The van der Waals surface area contributed by atoms with E-state index in [1.807, 2.05) is 38.1 Å². The molecule has 0 bridgehead atoms. The average Bonchev–Trinajstić information content (AvgIpc) is 3.10. The zero-order valence-corrected chi connectivity index (χ0v) is 10.3. The fourth-order valence-electron chi connectivity index (χ4n) is 2.12. The molecule has 3 heteroatoms. The fourth-order valence-corrected chi connectivity index (χ4v) is 2.12. The fraction of sp³-hybridized carbons (Fsp3) is 0.500. The quantitative estimate of drug-likeness (QED) is 0.735. The molecule has 1 fully saturated rings. The molecule has 2 rings (SSSR count). The van der Waals surface area contributed by atoms with Crippen LogP contribution >= 0.6 is 0 Å². The Morgan fingerprint density at radius 2 is 2.06 bits per heavy atom. The van der Waals surface area contributed by atoms with Gasteiger partial charge in [0.2, 0.25) is 0 Å². The highest BCUT2D eigenvalue weighted by Crippen LogP contribution is 2.50. The summed E-state index contributed by atoms with van der Waals surface area (Å²) in [5.41, 5.74) is 1.13. The average molecular weight is 234 g/mol. The maximum absolute atomic E-state index is 11.6. The van der Waals surface area contributed by atoms with Crippen LogP contribution in [0.2, 0.25) is 0 Å². The van der Waals surface area contributed by atoms with Crippen LogP contribution in [0.5, 0.6) is 5.75 Å². The van der Waals surface area contributed by atoms with Gasteiger partial charge in [0.15, 0.2) is 0 Å². The second-order valence-corrected chi connectivity index (χ2v) is 4.17. The van der Waals surface area contributed by atoms with Gasteiger partial charge < -0.3 is 9.47 Å². The van der Waals surface area contributed by atoms with Crippen molar-refractivity contribution in [3.8, 4) is 5.75 Å². The van der Waals surface area contributed by atoms with Gasteiger partial charge in [0, 0.05) is 5.92 Å². The van der Waals surface area contributed by atoms with Crippen LogP contribution < -0.4 is 4.74 Å². The molecule has 17 heavy (non-hydrogen) atoms. The third kappa shape index (κ3) is 2.60. The predicted octanol–water partition coefficient (Wildman–Crippen LogP) is 2.75. The molecule has 0 heterocycles.